The van der Waals surface area contributed by atoms with Crippen molar-refractivity contribution in [2.45, 2.75) is 47.1 Å². The van der Waals surface area contributed by atoms with Crippen molar-refractivity contribution in [1.29, 1.82) is 0 Å². The fourth-order valence-electron chi connectivity index (χ4n) is 0.901. The summed E-state index contributed by atoms with van der Waals surface area (Å²) in [5.41, 5.74) is -1.19. The van der Waals surface area contributed by atoms with E-state index in [1.54, 1.807) is 6.92 Å². The lowest BCUT2D eigenvalue weighted by Gasteiger charge is -2.38. The Kier molecular flexibility index (Phi) is 4.60. The highest BCUT2D eigenvalue weighted by atomic mass is 35.5. The van der Waals surface area contributed by atoms with Gasteiger partial charge in [-0.3, -0.25) is 4.79 Å². The smallest absolute Gasteiger partial charge is 0.253 e. The summed E-state index contributed by atoms with van der Waals surface area (Å²) in [5, 5.41) is -0.425. The molecule has 0 aromatic heterocycles. The fraction of sp³-hybridized carbons (Fsp3) is 0.909. The van der Waals surface area contributed by atoms with Crippen LogP contribution in [0, 0.1) is 11.3 Å². The van der Waals surface area contributed by atoms with E-state index >= 15 is 0 Å². The van der Waals surface area contributed by atoms with Gasteiger partial charge in [0.2, 0.25) is 0 Å². The van der Waals surface area contributed by atoms with Gasteiger partial charge in [-0.25, -0.2) is 0 Å². The molecule has 0 aliphatic carbocycles. The van der Waals surface area contributed by atoms with Crippen LogP contribution in [-0.4, -0.2) is 17.5 Å². The number of carbonyl (C=O) groups excluding carboxylic acids is 1. The van der Waals surface area contributed by atoms with Crippen LogP contribution >= 0.6 is 11.6 Å². The molecule has 0 aromatic carbocycles. The first-order chi connectivity index (χ1) is 6.11. The quantitative estimate of drug-likeness (QED) is 0.680. The first-order valence-corrected chi connectivity index (χ1v) is 5.33. The lowest BCUT2D eigenvalue weighted by Crippen LogP contribution is -2.48. The molecule has 0 N–H and O–H groups in total. The van der Waals surface area contributed by atoms with Crippen molar-refractivity contribution >= 4 is 16.8 Å². The van der Waals surface area contributed by atoms with Crippen LogP contribution in [0.2, 0.25) is 0 Å². The molecular formula is C11H21ClO2. The first kappa shape index (κ1) is 13.9. The SMILES string of the molecule is CC(C)COC(C)(C(=O)Cl)C(C)(C)C. The summed E-state index contributed by atoms with van der Waals surface area (Å²) in [7, 11) is 0. The van der Waals surface area contributed by atoms with Gasteiger partial charge in [-0.1, -0.05) is 34.6 Å². The van der Waals surface area contributed by atoms with Gasteiger partial charge in [0.1, 0.15) is 5.60 Å². The third-order valence-corrected chi connectivity index (χ3v) is 2.87. The minimum Gasteiger partial charge on any atom is -0.365 e. The van der Waals surface area contributed by atoms with Crippen LogP contribution in [0.4, 0.5) is 0 Å². The summed E-state index contributed by atoms with van der Waals surface area (Å²) in [6.07, 6.45) is 0. The summed E-state index contributed by atoms with van der Waals surface area (Å²) in [6.45, 7) is 12.2. The van der Waals surface area contributed by atoms with E-state index in [2.05, 4.69) is 0 Å². The molecule has 0 saturated carbocycles. The van der Waals surface area contributed by atoms with Crippen LogP contribution in [0.5, 0.6) is 0 Å². The number of hydrogen-bond donors (Lipinski definition) is 0. The van der Waals surface area contributed by atoms with E-state index in [1.807, 2.05) is 34.6 Å². The van der Waals surface area contributed by atoms with Gasteiger partial charge < -0.3 is 4.74 Å². The van der Waals surface area contributed by atoms with Gasteiger partial charge in [-0.15, -0.1) is 0 Å². The maximum Gasteiger partial charge on any atom is 0.253 e. The minimum absolute atomic E-state index is 0.291. The summed E-state index contributed by atoms with van der Waals surface area (Å²) in [5.74, 6) is 0.396. The minimum atomic E-state index is -0.904. The van der Waals surface area contributed by atoms with Gasteiger partial charge in [0, 0.05) is 0 Å². The molecule has 0 fully saturated rings. The molecule has 14 heavy (non-hydrogen) atoms. The van der Waals surface area contributed by atoms with Crippen LogP contribution in [0.15, 0.2) is 0 Å². The zero-order valence-corrected chi connectivity index (χ0v) is 10.7. The molecular weight excluding hydrogens is 200 g/mol. The number of carbonyl (C=O) groups is 1. The topological polar surface area (TPSA) is 26.3 Å². The van der Waals surface area contributed by atoms with E-state index in [-0.39, 0.29) is 5.41 Å². The molecule has 1 unspecified atom stereocenters. The van der Waals surface area contributed by atoms with E-state index in [0.717, 1.165) is 0 Å². The average Bonchev–Trinajstić information content (AvgIpc) is 1.97. The van der Waals surface area contributed by atoms with Gasteiger partial charge in [0.15, 0.2) is 0 Å². The predicted molar refractivity (Wildman–Crippen MR) is 59.5 cm³/mol. The predicted octanol–water partition coefficient (Wildman–Crippen LogP) is 3.23. The lowest BCUT2D eigenvalue weighted by atomic mass is 9.78. The summed E-state index contributed by atoms with van der Waals surface area (Å²) < 4.78 is 5.64. The highest BCUT2D eigenvalue weighted by Gasteiger charge is 2.44. The van der Waals surface area contributed by atoms with Crippen molar-refractivity contribution in [1.82, 2.24) is 0 Å². The summed E-state index contributed by atoms with van der Waals surface area (Å²) in [4.78, 5) is 11.4. The molecule has 0 saturated heterocycles. The summed E-state index contributed by atoms with van der Waals surface area (Å²) in [6, 6.07) is 0. The number of rotatable bonds is 4. The third-order valence-electron chi connectivity index (χ3n) is 2.51. The molecule has 0 aliphatic rings. The largest absolute Gasteiger partial charge is 0.365 e. The van der Waals surface area contributed by atoms with Gasteiger partial charge in [-0.05, 0) is 29.9 Å². The van der Waals surface area contributed by atoms with E-state index in [9.17, 15) is 4.79 Å². The fourth-order valence-corrected chi connectivity index (χ4v) is 1.24. The second kappa shape index (κ2) is 4.63. The molecule has 2 nitrogen and oxygen atoms in total. The van der Waals surface area contributed by atoms with Crippen LogP contribution in [0.1, 0.15) is 41.5 Å². The molecule has 0 rings (SSSR count). The van der Waals surface area contributed by atoms with Gasteiger partial charge in [0.25, 0.3) is 5.24 Å². The van der Waals surface area contributed by atoms with Crippen LogP contribution < -0.4 is 0 Å². The molecule has 0 aliphatic heterocycles. The van der Waals surface area contributed by atoms with E-state index < -0.39 is 10.8 Å². The Morgan fingerprint density at radius 3 is 1.93 bits per heavy atom. The molecule has 0 amide bonds. The Labute approximate surface area is 92.0 Å². The van der Waals surface area contributed by atoms with Gasteiger partial charge >= 0.3 is 0 Å². The maximum absolute atomic E-state index is 11.4. The Balaban J connectivity index is 4.67. The monoisotopic (exact) mass is 220 g/mol. The van der Waals surface area contributed by atoms with E-state index in [4.69, 9.17) is 16.3 Å². The van der Waals surface area contributed by atoms with Crippen molar-refractivity contribution in [3.63, 3.8) is 0 Å². The van der Waals surface area contributed by atoms with Gasteiger partial charge in [0.05, 0.1) is 6.61 Å². The first-order valence-electron chi connectivity index (χ1n) is 4.95. The molecule has 0 bridgehead atoms. The van der Waals surface area contributed by atoms with E-state index in [0.29, 0.717) is 12.5 Å². The standard InChI is InChI=1S/C11H21ClO2/c1-8(2)7-14-11(6,9(12)13)10(3,4)5/h8H,7H2,1-6H3. The Morgan fingerprint density at radius 2 is 1.71 bits per heavy atom. The average molecular weight is 221 g/mol. The molecule has 0 radical (unpaired) electrons. The van der Waals surface area contributed by atoms with Crippen LogP contribution in [0.3, 0.4) is 0 Å². The Hall–Kier alpha value is -0.0800. The zero-order valence-electron chi connectivity index (χ0n) is 9.98. The van der Waals surface area contributed by atoms with Crippen LogP contribution in [-0.2, 0) is 9.53 Å². The summed E-state index contributed by atoms with van der Waals surface area (Å²) >= 11 is 5.59. The third kappa shape index (κ3) is 3.25. The number of hydrogen-bond acceptors (Lipinski definition) is 2. The molecule has 0 heterocycles. The Morgan fingerprint density at radius 1 is 1.29 bits per heavy atom. The van der Waals surface area contributed by atoms with Crippen molar-refractivity contribution in [3.05, 3.63) is 0 Å². The maximum atomic E-state index is 11.4. The molecule has 0 aromatic rings. The number of halogens is 1. The normalized spacial score (nSPS) is 16.9. The lowest BCUT2D eigenvalue weighted by molar-refractivity contribution is -0.151. The zero-order chi connectivity index (χ0) is 11.6. The van der Waals surface area contributed by atoms with E-state index in [1.165, 1.54) is 0 Å². The van der Waals surface area contributed by atoms with Crippen LogP contribution in [0.25, 0.3) is 0 Å². The molecule has 0 spiro atoms. The van der Waals surface area contributed by atoms with Crippen molar-refractivity contribution in [2.75, 3.05) is 6.61 Å². The van der Waals surface area contributed by atoms with Crippen molar-refractivity contribution in [3.8, 4) is 0 Å². The Bertz CT molecular complexity index is 206. The molecule has 84 valence electrons. The highest BCUT2D eigenvalue weighted by molar-refractivity contribution is 6.65. The van der Waals surface area contributed by atoms with Crippen molar-refractivity contribution in [2.24, 2.45) is 11.3 Å². The molecule has 1 atom stereocenters. The second-order valence-corrected chi connectivity index (χ2v) is 5.61. The second-order valence-electron chi connectivity index (χ2n) is 5.26. The number of ether oxygens (including phenoxy) is 1. The molecule has 3 heteroatoms. The van der Waals surface area contributed by atoms with Crippen molar-refractivity contribution < 1.29 is 9.53 Å². The van der Waals surface area contributed by atoms with Gasteiger partial charge in [-0.2, -0.15) is 0 Å². The highest BCUT2D eigenvalue weighted by Crippen LogP contribution is 2.35.